The zero-order valence-corrected chi connectivity index (χ0v) is 13.8. The predicted molar refractivity (Wildman–Crippen MR) is 102 cm³/mol. The molecule has 3 N–H and O–H groups in total. The second kappa shape index (κ2) is 4.95. The molecule has 0 atom stereocenters. The minimum Gasteiger partial charge on any atom is -0.350 e. The SMILES string of the molecule is CCn1c(=O)[nH]c2cc3[nH]c4c(=O)c5ccccc5[nH]c4c(=O)c3cc21. The number of hydrogen-bond donors (Lipinski definition) is 3. The Kier molecular flexibility index (Phi) is 2.80. The zero-order chi connectivity index (χ0) is 18.0. The molecule has 7 nitrogen and oxygen atoms in total. The first-order chi connectivity index (χ1) is 12.6. The number of fused-ring (bicyclic) bond motifs is 4. The van der Waals surface area contributed by atoms with Gasteiger partial charge in [-0.1, -0.05) is 12.1 Å². The van der Waals surface area contributed by atoms with Crippen molar-refractivity contribution < 1.29 is 0 Å². The summed E-state index contributed by atoms with van der Waals surface area (Å²) in [5, 5.41) is 0.943. The molecule has 0 aliphatic carbocycles. The molecule has 0 fully saturated rings. The molecule has 0 radical (unpaired) electrons. The Morgan fingerprint density at radius 3 is 2.27 bits per heavy atom. The van der Waals surface area contributed by atoms with Gasteiger partial charge in [-0.2, -0.15) is 0 Å². The maximum Gasteiger partial charge on any atom is 0.326 e. The largest absolute Gasteiger partial charge is 0.350 e. The summed E-state index contributed by atoms with van der Waals surface area (Å²) in [6.45, 7) is 2.37. The van der Waals surface area contributed by atoms with Crippen LogP contribution in [0.3, 0.4) is 0 Å². The van der Waals surface area contributed by atoms with Crippen LogP contribution >= 0.6 is 0 Å². The summed E-state index contributed by atoms with van der Waals surface area (Å²) < 4.78 is 1.57. The number of aromatic amines is 3. The van der Waals surface area contributed by atoms with E-state index in [4.69, 9.17) is 0 Å². The van der Waals surface area contributed by atoms with Crippen LogP contribution in [0.4, 0.5) is 0 Å². The van der Waals surface area contributed by atoms with Crippen LogP contribution in [-0.4, -0.2) is 19.5 Å². The van der Waals surface area contributed by atoms with Gasteiger partial charge in [0.2, 0.25) is 10.9 Å². The van der Waals surface area contributed by atoms with Gasteiger partial charge in [0, 0.05) is 22.8 Å². The van der Waals surface area contributed by atoms with Crippen LogP contribution in [0.15, 0.2) is 50.8 Å². The number of pyridine rings is 2. The number of para-hydroxylation sites is 1. The molecule has 3 heterocycles. The molecule has 0 amide bonds. The number of aromatic nitrogens is 4. The number of rotatable bonds is 1. The van der Waals surface area contributed by atoms with Gasteiger partial charge in [-0.3, -0.25) is 14.2 Å². The van der Waals surface area contributed by atoms with Crippen molar-refractivity contribution in [2.75, 3.05) is 0 Å². The van der Waals surface area contributed by atoms with Crippen LogP contribution in [0.25, 0.3) is 43.9 Å². The molecule has 5 aromatic rings. The van der Waals surface area contributed by atoms with Crippen molar-refractivity contribution in [1.29, 1.82) is 0 Å². The topological polar surface area (TPSA) is 104 Å². The molecule has 0 aliphatic heterocycles. The molecule has 0 saturated heterocycles. The van der Waals surface area contributed by atoms with E-state index in [0.717, 1.165) is 0 Å². The quantitative estimate of drug-likeness (QED) is 0.405. The molecule has 7 heteroatoms. The van der Waals surface area contributed by atoms with E-state index in [-0.39, 0.29) is 27.6 Å². The highest BCUT2D eigenvalue weighted by Gasteiger charge is 2.14. The summed E-state index contributed by atoms with van der Waals surface area (Å²) in [5.74, 6) is 0. The first-order valence-electron chi connectivity index (χ1n) is 8.31. The highest BCUT2D eigenvalue weighted by atomic mass is 16.1. The van der Waals surface area contributed by atoms with Crippen LogP contribution in [-0.2, 0) is 6.54 Å². The van der Waals surface area contributed by atoms with Gasteiger partial charge in [0.15, 0.2) is 0 Å². The third-order valence-electron chi connectivity index (χ3n) is 4.87. The monoisotopic (exact) mass is 346 g/mol. The first kappa shape index (κ1) is 14.7. The smallest absolute Gasteiger partial charge is 0.326 e. The second-order valence-corrected chi connectivity index (χ2v) is 6.29. The first-order valence-corrected chi connectivity index (χ1v) is 8.31. The van der Waals surface area contributed by atoms with Crippen LogP contribution in [0, 0.1) is 0 Å². The van der Waals surface area contributed by atoms with Crippen molar-refractivity contribution in [1.82, 2.24) is 19.5 Å². The highest BCUT2D eigenvalue weighted by molar-refractivity contribution is 6.00. The number of nitrogens with one attached hydrogen (secondary N) is 3. The average Bonchev–Trinajstić information content (AvgIpc) is 2.96. The number of nitrogens with zero attached hydrogens (tertiary/aromatic N) is 1. The third kappa shape index (κ3) is 1.79. The summed E-state index contributed by atoms with van der Waals surface area (Å²) in [5.41, 5.74) is 2.16. The Hall–Kier alpha value is -3.61. The minimum absolute atomic E-state index is 0.225. The van der Waals surface area contributed by atoms with E-state index in [1.807, 2.05) is 13.0 Å². The molecule has 0 aliphatic rings. The molecule has 3 aromatic heterocycles. The molecule has 5 rings (SSSR count). The molecule has 128 valence electrons. The van der Waals surface area contributed by atoms with Gasteiger partial charge in [0.05, 0.1) is 16.6 Å². The summed E-state index contributed by atoms with van der Waals surface area (Å²) >= 11 is 0. The van der Waals surface area contributed by atoms with E-state index in [9.17, 15) is 14.4 Å². The number of aryl methyl sites for hydroxylation is 1. The fourth-order valence-electron chi connectivity index (χ4n) is 3.60. The van der Waals surface area contributed by atoms with Crippen molar-refractivity contribution in [3.8, 4) is 0 Å². The lowest BCUT2D eigenvalue weighted by Crippen LogP contribution is -2.15. The van der Waals surface area contributed by atoms with Crippen LogP contribution in [0.1, 0.15) is 6.92 Å². The highest BCUT2D eigenvalue weighted by Crippen LogP contribution is 2.20. The lowest BCUT2D eigenvalue weighted by atomic mass is 10.1. The fourth-order valence-corrected chi connectivity index (χ4v) is 3.60. The van der Waals surface area contributed by atoms with Crippen LogP contribution in [0.5, 0.6) is 0 Å². The number of H-pyrrole nitrogens is 3. The Morgan fingerprint density at radius 2 is 1.50 bits per heavy atom. The van der Waals surface area contributed by atoms with Gasteiger partial charge in [-0.15, -0.1) is 0 Å². The van der Waals surface area contributed by atoms with Crippen molar-refractivity contribution in [2.45, 2.75) is 13.5 Å². The number of imidazole rings is 1. The fraction of sp³-hybridized carbons (Fsp3) is 0.105. The summed E-state index contributed by atoms with van der Waals surface area (Å²) in [6.07, 6.45) is 0. The zero-order valence-electron chi connectivity index (χ0n) is 13.8. The van der Waals surface area contributed by atoms with Gasteiger partial charge in [-0.25, -0.2) is 4.79 Å². The number of benzene rings is 2. The van der Waals surface area contributed by atoms with E-state index in [1.54, 1.807) is 34.9 Å². The standard InChI is InChI=1S/C19H14N4O3/c1-2-23-14-7-10-12(8-13(14)22-19(23)26)21-15-16(18(10)25)20-11-6-4-3-5-9(11)17(15)24/h3-8H,2H2,1H3,(H,20,24)(H,21,25)(H,22,26). The maximum absolute atomic E-state index is 13.0. The van der Waals surface area contributed by atoms with E-state index in [0.29, 0.717) is 39.4 Å². The lowest BCUT2D eigenvalue weighted by Gasteiger charge is -2.06. The predicted octanol–water partition coefficient (Wildman–Crippen LogP) is 2.19. The molecule has 26 heavy (non-hydrogen) atoms. The van der Waals surface area contributed by atoms with E-state index >= 15 is 0 Å². The summed E-state index contributed by atoms with van der Waals surface area (Å²) in [4.78, 5) is 46.8. The average molecular weight is 346 g/mol. The lowest BCUT2D eigenvalue weighted by molar-refractivity contribution is 0.753. The van der Waals surface area contributed by atoms with Gasteiger partial charge < -0.3 is 15.0 Å². The van der Waals surface area contributed by atoms with Crippen LogP contribution < -0.4 is 16.5 Å². The van der Waals surface area contributed by atoms with E-state index < -0.39 is 0 Å². The second-order valence-electron chi connectivity index (χ2n) is 6.29. The van der Waals surface area contributed by atoms with Crippen molar-refractivity contribution in [3.63, 3.8) is 0 Å². The molecule has 0 bridgehead atoms. The number of hydrogen-bond acceptors (Lipinski definition) is 3. The van der Waals surface area contributed by atoms with Crippen molar-refractivity contribution in [2.24, 2.45) is 0 Å². The molecule has 0 spiro atoms. The van der Waals surface area contributed by atoms with Crippen LogP contribution in [0.2, 0.25) is 0 Å². The summed E-state index contributed by atoms with van der Waals surface area (Å²) in [7, 11) is 0. The van der Waals surface area contributed by atoms with Crippen molar-refractivity contribution in [3.05, 3.63) is 67.3 Å². The van der Waals surface area contributed by atoms with Gasteiger partial charge >= 0.3 is 5.69 Å². The van der Waals surface area contributed by atoms with Gasteiger partial charge in [0.25, 0.3) is 0 Å². The normalized spacial score (nSPS) is 11.9. The van der Waals surface area contributed by atoms with Crippen molar-refractivity contribution >= 4 is 43.9 Å². The Labute approximate surface area is 144 Å². The minimum atomic E-state index is -0.269. The molecule has 0 unspecified atom stereocenters. The summed E-state index contributed by atoms with van der Waals surface area (Å²) in [6, 6.07) is 10.5. The Bertz CT molecular complexity index is 1530. The Balaban J connectivity index is 2.04. The van der Waals surface area contributed by atoms with Gasteiger partial charge in [-0.05, 0) is 31.2 Å². The third-order valence-corrected chi connectivity index (χ3v) is 4.87. The molecular formula is C19H14N4O3. The van der Waals surface area contributed by atoms with E-state index in [2.05, 4.69) is 15.0 Å². The molecule has 0 saturated carbocycles. The molecular weight excluding hydrogens is 332 g/mol. The molecule has 2 aromatic carbocycles. The maximum atomic E-state index is 13.0. The van der Waals surface area contributed by atoms with E-state index in [1.165, 1.54) is 0 Å². The Morgan fingerprint density at radius 1 is 0.808 bits per heavy atom. The van der Waals surface area contributed by atoms with Gasteiger partial charge in [0.1, 0.15) is 11.0 Å².